The highest BCUT2D eigenvalue weighted by molar-refractivity contribution is 6.06. The average Bonchev–Trinajstić information content (AvgIpc) is 2.79. The number of carbonyl (C=O) groups is 3. The highest BCUT2D eigenvalue weighted by Gasteiger charge is 2.13. The molecule has 0 fully saturated rings. The standard InChI is InChI=1S/C24H23N3O3/c1-25-22(28)14-16-10-12-19(13-11-16)27-23(29)18-7-5-6-17(15-18)20-8-3-4-9-21(20)24(30)26-2/h3-13,15H,14H2,1-2H3,(H,25,28)(H,26,30)(H,27,29). The van der Waals surface area contributed by atoms with E-state index in [1.54, 1.807) is 68.7 Å². The predicted molar refractivity (Wildman–Crippen MR) is 117 cm³/mol. The van der Waals surface area contributed by atoms with Gasteiger partial charge in [0, 0.05) is 30.9 Å². The van der Waals surface area contributed by atoms with Crippen LogP contribution in [0, 0.1) is 0 Å². The molecule has 3 rings (SSSR count). The lowest BCUT2D eigenvalue weighted by Crippen LogP contribution is -2.19. The highest BCUT2D eigenvalue weighted by Crippen LogP contribution is 2.25. The summed E-state index contributed by atoms with van der Waals surface area (Å²) < 4.78 is 0. The van der Waals surface area contributed by atoms with Crippen LogP contribution < -0.4 is 16.0 Å². The van der Waals surface area contributed by atoms with Gasteiger partial charge < -0.3 is 16.0 Å². The summed E-state index contributed by atoms with van der Waals surface area (Å²) in [6.07, 6.45) is 0.289. The third-order valence-corrected chi connectivity index (χ3v) is 4.69. The molecule has 0 aromatic heterocycles. The van der Waals surface area contributed by atoms with Crippen LogP contribution >= 0.6 is 0 Å². The Kier molecular flexibility index (Phi) is 6.60. The molecule has 6 heteroatoms. The molecule has 3 N–H and O–H groups in total. The van der Waals surface area contributed by atoms with Crippen molar-refractivity contribution in [2.75, 3.05) is 19.4 Å². The zero-order valence-corrected chi connectivity index (χ0v) is 16.9. The zero-order chi connectivity index (χ0) is 21.5. The van der Waals surface area contributed by atoms with Gasteiger partial charge >= 0.3 is 0 Å². The minimum absolute atomic E-state index is 0.0689. The molecule has 0 aliphatic heterocycles. The summed E-state index contributed by atoms with van der Waals surface area (Å²) in [5.74, 6) is -0.508. The fourth-order valence-corrected chi connectivity index (χ4v) is 3.08. The van der Waals surface area contributed by atoms with E-state index in [1.807, 2.05) is 18.2 Å². The van der Waals surface area contributed by atoms with Gasteiger partial charge in [0.2, 0.25) is 5.91 Å². The maximum atomic E-state index is 12.7. The molecule has 6 nitrogen and oxygen atoms in total. The van der Waals surface area contributed by atoms with Crippen LogP contribution in [-0.2, 0) is 11.2 Å². The first-order chi connectivity index (χ1) is 14.5. The largest absolute Gasteiger partial charge is 0.359 e. The van der Waals surface area contributed by atoms with E-state index < -0.39 is 0 Å². The van der Waals surface area contributed by atoms with Crippen LogP contribution in [-0.4, -0.2) is 31.8 Å². The van der Waals surface area contributed by atoms with Crippen molar-refractivity contribution in [1.29, 1.82) is 0 Å². The second-order valence-electron chi connectivity index (χ2n) is 6.71. The number of rotatable bonds is 6. The molecule has 0 atom stereocenters. The molecular formula is C24H23N3O3. The lowest BCUT2D eigenvalue weighted by molar-refractivity contribution is -0.119. The minimum atomic E-state index is -0.256. The Hall–Kier alpha value is -3.93. The first-order valence-corrected chi connectivity index (χ1v) is 9.54. The van der Waals surface area contributed by atoms with Crippen LogP contribution in [0.5, 0.6) is 0 Å². The summed E-state index contributed by atoms with van der Waals surface area (Å²) in [4.78, 5) is 36.4. The average molecular weight is 401 g/mol. The van der Waals surface area contributed by atoms with Crippen molar-refractivity contribution >= 4 is 23.4 Å². The van der Waals surface area contributed by atoms with Crippen LogP contribution in [0.2, 0.25) is 0 Å². The van der Waals surface area contributed by atoms with Gasteiger partial charge in [0.05, 0.1) is 6.42 Å². The van der Waals surface area contributed by atoms with Crippen LogP contribution in [0.1, 0.15) is 26.3 Å². The summed E-state index contributed by atoms with van der Waals surface area (Å²) in [5.41, 5.74) is 4.06. The second kappa shape index (κ2) is 9.52. The maximum absolute atomic E-state index is 12.7. The number of likely N-dealkylation sites (N-methyl/N-ethyl adjacent to an activating group) is 1. The fourth-order valence-electron chi connectivity index (χ4n) is 3.08. The van der Waals surface area contributed by atoms with Gasteiger partial charge in [-0.15, -0.1) is 0 Å². The van der Waals surface area contributed by atoms with Gasteiger partial charge in [-0.05, 0) is 47.0 Å². The molecule has 3 aromatic rings. The third kappa shape index (κ3) is 4.91. The maximum Gasteiger partial charge on any atom is 0.255 e. The van der Waals surface area contributed by atoms with E-state index in [2.05, 4.69) is 16.0 Å². The van der Waals surface area contributed by atoms with Gasteiger partial charge in [0.15, 0.2) is 0 Å². The van der Waals surface area contributed by atoms with Gasteiger partial charge in [-0.2, -0.15) is 0 Å². The first-order valence-electron chi connectivity index (χ1n) is 9.54. The number of hydrogen-bond acceptors (Lipinski definition) is 3. The summed E-state index contributed by atoms with van der Waals surface area (Å²) in [6.45, 7) is 0. The molecule has 0 heterocycles. The number of nitrogens with one attached hydrogen (secondary N) is 3. The quantitative estimate of drug-likeness (QED) is 0.593. The lowest BCUT2D eigenvalue weighted by Gasteiger charge is -2.11. The van der Waals surface area contributed by atoms with E-state index in [0.29, 0.717) is 16.8 Å². The Morgan fingerprint density at radius 1 is 0.767 bits per heavy atom. The van der Waals surface area contributed by atoms with Crippen LogP contribution in [0.4, 0.5) is 5.69 Å². The van der Waals surface area contributed by atoms with Gasteiger partial charge in [-0.1, -0.05) is 42.5 Å². The van der Waals surface area contributed by atoms with E-state index in [1.165, 1.54) is 0 Å². The molecule has 0 aliphatic carbocycles. The molecular weight excluding hydrogens is 378 g/mol. The van der Waals surface area contributed by atoms with Crippen molar-refractivity contribution in [1.82, 2.24) is 10.6 Å². The van der Waals surface area contributed by atoms with Crippen molar-refractivity contribution in [3.8, 4) is 11.1 Å². The topological polar surface area (TPSA) is 87.3 Å². The molecule has 0 radical (unpaired) electrons. The molecule has 0 bridgehead atoms. The summed E-state index contributed by atoms with van der Waals surface area (Å²) in [6, 6.07) is 21.5. The lowest BCUT2D eigenvalue weighted by atomic mass is 9.97. The summed E-state index contributed by atoms with van der Waals surface area (Å²) in [5, 5.41) is 8.08. The fraction of sp³-hybridized carbons (Fsp3) is 0.125. The van der Waals surface area contributed by atoms with E-state index >= 15 is 0 Å². The van der Waals surface area contributed by atoms with Crippen molar-refractivity contribution in [2.24, 2.45) is 0 Å². The SMILES string of the molecule is CNC(=O)Cc1ccc(NC(=O)c2cccc(-c3ccccc3C(=O)NC)c2)cc1. The molecule has 0 spiro atoms. The van der Waals surface area contributed by atoms with Crippen molar-refractivity contribution in [3.05, 3.63) is 89.5 Å². The molecule has 152 valence electrons. The predicted octanol–water partition coefficient (Wildman–Crippen LogP) is 3.25. The van der Waals surface area contributed by atoms with Crippen LogP contribution in [0.15, 0.2) is 72.8 Å². The first kappa shape index (κ1) is 20.8. The van der Waals surface area contributed by atoms with E-state index in [4.69, 9.17) is 0 Å². The van der Waals surface area contributed by atoms with Crippen molar-refractivity contribution in [2.45, 2.75) is 6.42 Å². The van der Waals surface area contributed by atoms with E-state index in [9.17, 15) is 14.4 Å². The normalized spacial score (nSPS) is 10.2. The molecule has 30 heavy (non-hydrogen) atoms. The van der Waals surface area contributed by atoms with Gasteiger partial charge in [0.25, 0.3) is 11.8 Å². The minimum Gasteiger partial charge on any atom is -0.359 e. The Balaban J connectivity index is 1.79. The highest BCUT2D eigenvalue weighted by atomic mass is 16.2. The van der Waals surface area contributed by atoms with Gasteiger partial charge in [0.1, 0.15) is 0 Å². The van der Waals surface area contributed by atoms with Crippen molar-refractivity contribution in [3.63, 3.8) is 0 Å². The monoisotopic (exact) mass is 401 g/mol. The summed E-state index contributed by atoms with van der Waals surface area (Å²) in [7, 11) is 3.18. The molecule has 3 amide bonds. The number of carbonyl (C=O) groups excluding carboxylic acids is 3. The Morgan fingerprint density at radius 3 is 2.20 bits per heavy atom. The zero-order valence-electron chi connectivity index (χ0n) is 16.9. The Morgan fingerprint density at radius 2 is 1.50 bits per heavy atom. The number of amides is 3. The number of anilines is 1. The second-order valence-corrected chi connectivity index (χ2v) is 6.71. The molecule has 0 saturated heterocycles. The Bertz CT molecular complexity index is 1080. The number of benzene rings is 3. The van der Waals surface area contributed by atoms with E-state index in [0.717, 1.165) is 16.7 Å². The summed E-state index contributed by atoms with van der Waals surface area (Å²) >= 11 is 0. The smallest absolute Gasteiger partial charge is 0.255 e. The molecule has 3 aromatic carbocycles. The van der Waals surface area contributed by atoms with Crippen LogP contribution in [0.25, 0.3) is 11.1 Å². The van der Waals surface area contributed by atoms with E-state index in [-0.39, 0.29) is 24.1 Å². The van der Waals surface area contributed by atoms with Gasteiger partial charge in [-0.3, -0.25) is 14.4 Å². The van der Waals surface area contributed by atoms with Crippen molar-refractivity contribution < 1.29 is 14.4 Å². The third-order valence-electron chi connectivity index (χ3n) is 4.69. The number of hydrogen-bond donors (Lipinski definition) is 3. The molecule has 0 unspecified atom stereocenters. The van der Waals surface area contributed by atoms with Crippen LogP contribution in [0.3, 0.4) is 0 Å². The van der Waals surface area contributed by atoms with Gasteiger partial charge in [-0.25, -0.2) is 0 Å². The molecule has 0 saturated carbocycles. The molecule has 0 aliphatic rings. The Labute approximate surface area is 175 Å².